The van der Waals surface area contributed by atoms with Crippen molar-refractivity contribution >= 4 is 18.0 Å². The van der Waals surface area contributed by atoms with Gasteiger partial charge in [-0.3, -0.25) is 14.6 Å². The molecule has 2 aromatic rings. The van der Waals surface area contributed by atoms with Crippen molar-refractivity contribution in [2.45, 2.75) is 31.2 Å². The molecule has 0 saturated carbocycles. The Kier molecular flexibility index (Phi) is 7.95. The van der Waals surface area contributed by atoms with Crippen LogP contribution >= 0.6 is 0 Å². The van der Waals surface area contributed by atoms with Crippen LogP contribution in [0.5, 0.6) is 0 Å². The predicted octanol–water partition coefficient (Wildman–Crippen LogP) is 2.81. The fraction of sp³-hybridized carbons (Fsp3) is 0.444. The number of benzene rings is 2. The maximum atomic E-state index is 13.2. The molecule has 0 amide bonds. The van der Waals surface area contributed by atoms with Crippen molar-refractivity contribution in [2.24, 2.45) is 16.8 Å². The van der Waals surface area contributed by atoms with E-state index in [1.165, 1.54) is 0 Å². The van der Waals surface area contributed by atoms with Crippen molar-refractivity contribution in [3.05, 3.63) is 70.3 Å². The maximum absolute atomic E-state index is 13.2. The lowest BCUT2D eigenvalue weighted by Gasteiger charge is -2.42. The largest absolute Gasteiger partial charge is 0.481 e. The van der Waals surface area contributed by atoms with Crippen molar-refractivity contribution in [1.29, 1.82) is 0 Å². The second-order valence-electron chi connectivity index (χ2n) is 9.25. The Hall–Kier alpha value is -3.07. The van der Waals surface area contributed by atoms with E-state index in [1.807, 2.05) is 41.4 Å². The predicted molar refractivity (Wildman–Crippen MR) is 133 cm³/mol. The molecule has 35 heavy (non-hydrogen) atoms. The molecule has 0 bridgehead atoms. The van der Waals surface area contributed by atoms with E-state index in [-0.39, 0.29) is 18.1 Å². The number of carbonyl (C=O) groups excluding carboxylic acids is 1. The average Bonchev–Trinajstić information content (AvgIpc) is 2.88. The minimum atomic E-state index is -0.851. The van der Waals surface area contributed by atoms with E-state index in [2.05, 4.69) is 5.10 Å². The van der Waals surface area contributed by atoms with Gasteiger partial charge in [0.15, 0.2) is 5.78 Å². The van der Waals surface area contributed by atoms with Gasteiger partial charge < -0.3 is 20.3 Å². The van der Waals surface area contributed by atoms with E-state index in [9.17, 15) is 14.7 Å². The molecule has 186 valence electrons. The SMILES string of the molecule is COCCC1(N)c2ccc(C(=O)c3ccc(C=NN4CCOCC4)cc3)cc2CCC1CC(=O)O. The smallest absolute Gasteiger partial charge is 0.303 e. The molecule has 1 heterocycles. The molecule has 1 fully saturated rings. The first kappa shape index (κ1) is 25.0. The van der Waals surface area contributed by atoms with Crippen LogP contribution in [-0.4, -0.2) is 68.1 Å². The van der Waals surface area contributed by atoms with Crippen LogP contribution in [0.4, 0.5) is 0 Å². The maximum Gasteiger partial charge on any atom is 0.303 e. The number of methoxy groups -OCH3 is 1. The molecule has 2 unspecified atom stereocenters. The Bertz CT molecular complexity index is 1080. The van der Waals surface area contributed by atoms with Gasteiger partial charge in [-0.25, -0.2) is 0 Å². The molecule has 0 spiro atoms. The Morgan fingerprint density at radius 3 is 2.60 bits per heavy atom. The Labute approximate surface area is 205 Å². The highest BCUT2D eigenvalue weighted by atomic mass is 16.5. The van der Waals surface area contributed by atoms with Gasteiger partial charge in [-0.2, -0.15) is 5.10 Å². The topological polar surface area (TPSA) is 114 Å². The fourth-order valence-corrected chi connectivity index (χ4v) is 5.01. The van der Waals surface area contributed by atoms with Crippen molar-refractivity contribution in [3.63, 3.8) is 0 Å². The fourth-order valence-electron chi connectivity index (χ4n) is 5.01. The van der Waals surface area contributed by atoms with Crippen LogP contribution in [0.25, 0.3) is 0 Å². The number of carboxylic acid groups (broad SMARTS) is 1. The molecule has 2 atom stereocenters. The van der Waals surface area contributed by atoms with Crippen molar-refractivity contribution in [1.82, 2.24) is 5.01 Å². The minimum Gasteiger partial charge on any atom is -0.481 e. The molecule has 0 aromatic heterocycles. The standard InChI is InChI=1S/C27H33N3O5/c1-34-13-10-27(28)23(17-25(31)32)8-6-21-16-22(7-9-24(21)27)26(33)20-4-2-19(3-5-20)18-29-30-11-14-35-15-12-30/h2-5,7,9,16,18,23H,6,8,10-15,17,28H2,1H3,(H,31,32). The van der Waals surface area contributed by atoms with E-state index in [0.29, 0.717) is 50.2 Å². The number of carbonyl (C=O) groups is 2. The van der Waals surface area contributed by atoms with Crippen LogP contribution in [0.1, 0.15) is 51.9 Å². The van der Waals surface area contributed by atoms with Gasteiger partial charge in [0.1, 0.15) is 0 Å². The Morgan fingerprint density at radius 1 is 1.20 bits per heavy atom. The van der Waals surface area contributed by atoms with Crippen LogP contribution < -0.4 is 5.73 Å². The number of hydrazone groups is 1. The summed E-state index contributed by atoms with van der Waals surface area (Å²) in [4.78, 5) is 24.6. The number of ether oxygens (including phenoxy) is 2. The second-order valence-corrected chi connectivity index (χ2v) is 9.25. The van der Waals surface area contributed by atoms with Gasteiger partial charge in [0.05, 0.1) is 38.9 Å². The van der Waals surface area contributed by atoms with E-state index >= 15 is 0 Å². The third-order valence-electron chi connectivity index (χ3n) is 7.03. The van der Waals surface area contributed by atoms with Gasteiger partial charge in [-0.05, 0) is 47.9 Å². The van der Waals surface area contributed by atoms with Crippen LogP contribution in [0.15, 0.2) is 47.6 Å². The quantitative estimate of drug-likeness (QED) is 0.420. The lowest BCUT2D eigenvalue weighted by Crippen LogP contribution is -2.49. The third-order valence-corrected chi connectivity index (χ3v) is 7.03. The van der Waals surface area contributed by atoms with E-state index in [4.69, 9.17) is 15.2 Å². The molecule has 2 aromatic carbocycles. The number of hydrogen-bond acceptors (Lipinski definition) is 7. The summed E-state index contributed by atoms with van der Waals surface area (Å²) in [7, 11) is 1.61. The summed E-state index contributed by atoms with van der Waals surface area (Å²) in [5, 5.41) is 15.8. The Morgan fingerprint density at radius 2 is 1.91 bits per heavy atom. The number of morpholine rings is 1. The molecule has 2 aliphatic rings. The van der Waals surface area contributed by atoms with Gasteiger partial charge >= 0.3 is 5.97 Å². The number of aryl methyl sites for hydroxylation is 1. The molecule has 8 heteroatoms. The monoisotopic (exact) mass is 479 g/mol. The first-order chi connectivity index (χ1) is 16.9. The summed E-state index contributed by atoms with van der Waals surface area (Å²) < 4.78 is 10.6. The van der Waals surface area contributed by atoms with Crippen molar-refractivity contribution < 1.29 is 24.2 Å². The highest BCUT2D eigenvalue weighted by Crippen LogP contribution is 2.42. The molecule has 0 radical (unpaired) electrons. The van der Waals surface area contributed by atoms with Gasteiger partial charge in [0.2, 0.25) is 0 Å². The van der Waals surface area contributed by atoms with Crippen LogP contribution in [0.2, 0.25) is 0 Å². The van der Waals surface area contributed by atoms with Crippen LogP contribution in [0.3, 0.4) is 0 Å². The summed E-state index contributed by atoms with van der Waals surface area (Å²) in [6.45, 7) is 3.36. The van der Waals surface area contributed by atoms with Gasteiger partial charge in [-0.15, -0.1) is 0 Å². The second kappa shape index (κ2) is 11.1. The first-order valence-electron chi connectivity index (χ1n) is 12.0. The van der Waals surface area contributed by atoms with E-state index in [1.54, 1.807) is 19.4 Å². The van der Waals surface area contributed by atoms with Gasteiger partial charge in [0, 0.05) is 30.4 Å². The summed E-state index contributed by atoms with van der Waals surface area (Å²) in [5.74, 6) is -1.09. The molecule has 1 saturated heterocycles. The third kappa shape index (κ3) is 5.78. The summed E-state index contributed by atoms with van der Waals surface area (Å²) in [5.41, 5.74) is 10.1. The molecule has 3 N–H and O–H groups in total. The number of rotatable bonds is 9. The minimum absolute atomic E-state index is 0.0154. The lowest BCUT2D eigenvalue weighted by atomic mass is 9.66. The molecule has 1 aliphatic heterocycles. The van der Waals surface area contributed by atoms with Crippen LogP contribution in [0, 0.1) is 5.92 Å². The number of hydrogen-bond donors (Lipinski definition) is 2. The van der Waals surface area contributed by atoms with E-state index < -0.39 is 11.5 Å². The first-order valence-corrected chi connectivity index (χ1v) is 12.0. The number of nitrogens with two attached hydrogens (primary N) is 1. The van der Waals surface area contributed by atoms with Gasteiger partial charge in [-0.1, -0.05) is 36.4 Å². The van der Waals surface area contributed by atoms with Gasteiger partial charge in [0.25, 0.3) is 0 Å². The lowest BCUT2D eigenvalue weighted by molar-refractivity contribution is -0.139. The number of nitrogens with zero attached hydrogens (tertiary/aromatic N) is 2. The zero-order valence-electron chi connectivity index (χ0n) is 20.1. The molecule has 1 aliphatic carbocycles. The summed E-state index contributed by atoms with van der Waals surface area (Å²) in [6.07, 6.45) is 3.69. The molecule has 4 rings (SSSR count). The highest BCUT2D eigenvalue weighted by Gasteiger charge is 2.41. The highest BCUT2D eigenvalue weighted by molar-refractivity contribution is 6.09. The number of ketones is 1. The molecule has 8 nitrogen and oxygen atoms in total. The van der Waals surface area contributed by atoms with Crippen molar-refractivity contribution in [3.8, 4) is 0 Å². The molecular weight excluding hydrogens is 446 g/mol. The normalized spacial score (nSPS) is 22.2. The van der Waals surface area contributed by atoms with E-state index in [0.717, 1.165) is 29.8 Å². The summed E-state index contributed by atoms with van der Waals surface area (Å²) in [6, 6.07) is 13.0. The number of carboxylic acids is 1. The van der Waals surface area contributed by atoms with Crippen LogP contribution in [-0.2, 0) is 26.2 Å². The zero-order valence-corrected chi connectivity index (χ0v) is 20.1. The van der Waals surface area contributed by atoms with Crippen molar-refractivity contribution in [2.75, 3.05) is 40.0 Å². The molecular formula is C27H33N3O5. The Balaban J connectivity index is 1.51. The number of aliphatic carboxylic acids is 1. The zero-order chi connectivity index (χ0) is 24.8. The number of fused-ring (bicyclic) bond motifs is 1. The average molecular weight is 480 g/mol. The summed E-state index contributed by atoms with van der Waals surface area (Å²) >= 11 is 0.